The normalized spacial score (nSPS) is 17.7. The summed E-state index contributed by atoms with van der Waals surface area (Å²) in [7, 11) is 0. The molecule has 10 heavy (non-hydrogen) atoms. The van der Waals surface area contributed by atoms with Gasteiger partial charge in [-0.2, -0.15) is 0 Å². The van der Waals surface area contributed by atoms with E-state index in [-0.39, 0.29) is 0 Å². The average Bonchev–Trinajstić information content (AvgIpc) is 1.88. The van der Waals surface area contributed by atoms with Crippen molar-refractivity contribution in [2.75, 3.05) is 6.54 Å². The molecular formula is C7H10N2O. The van der Waals surface area contributed by atoms with Crippen molar-refractivity contribution in [3.63, 3.8) is 0 Å². The number of nitrogens with two attached hydrogens (primary N) is 1. The fourth-order valence-electron chi connectivity index (χ4n) is 0.951. The first kappa shape index (κ1) is 6.99. The van der Waals surface area contributed by atoms with E-state index in [9.17, 15) is 4.79 Å². The lowest BCUT2D eigenvalue weighted by molar-refractivity contribution is -0.111. The number of nitrogens with zero attached hydrogens (tertiary/aromatic N) is 1. The summed E-state index contributed by atoms with van der Waals surface area (Å²) in [5.41, 5.74) is 6.38. The van der Waals surface area contributed by atoms with Gasteiger partial charge in [-0.25, -0.2) is 0 Å². The van der Waals surface area contributed by atoms with E-state index < -0.39 is 5.91 Å². The molecule has 54 valence electrons. The van der Waals surface area contributed by atoms with E-state index in [0.717, 1.165) is 12.0 Å². The molecule has 1 amide bonds. The van der Waals surface area contributed by atoms with E-state index in [4.69, 9.17) is 5.73 Å². The smallest absolute Gasteiger partial charge is 0.267 e. The number of amides is 1. The first-order chi connectivity index (χ1) is 4.72. The van der Waals surface area contributed by atoms with Gasteiger partial charge in [0.15, 0.2) is 0 Å². The Morgan fingerprint density at radius 2 is 2.50 bits per heavy atom. The highest BCUT2D eigenvalue weighted by Crippen LogP contribution is 2.05. The molecule has 1 heterocycles. The van der Waals surface area contributed by atoms with Crippen molar-refractivity contribution in [3.05, 3.63) is 11.6 Å². The van der Waals surface area contributed by atoms with Gasteiger partial charge in [-0.1, -0.05) is 6.08 Å². The molecule has 0 aliphatic carbocycles. The summed E-state index contributed by atoms with van der Waals surface area (Å²) >= 11 is 0. The SMILES string of the molecule is CC1=CCCN=C1C(N)=O. The van der Waals surface area contributed by atoms with Crippen LogP contribution in [0.25, 0.3) is 0 Å². The summed E-state index contributed by atoms with van der Waals surface area (Å²) in [6, 6.07) is 0. The van der Waals surface area contributed by atoms with Crippen LogP contribution in [0.2, 0.25) is 0 Å². The lowest BCUT2D eigenvalue weighted by Crippen LogP contribution is -2.25. The zero-order chi connectivity index (χ0) is 7.56. The van der Waals surface area contributed by atoms with Gasteiger partial charge in [0.1, 0.15) is 5.71 Å². The Labute approximate surface area is 59.6 Å². The van der Waals surface area contributed by atoms with Crippen LogP contribution in [0, 0.1) is 0 Å². The second-order valence-corrected chi connectivity index (χ2v) is 2.27. The molecule has 2 N–H and O–H groups in total. The van der Waals surface area contributed by atoms with E-state index in [1.54, 1.807) is 0 Å². The molecule has 0 unspecified atom stereocenters. The van der Waals surface area contributed by atoms with Crippen LogP contribution in [-0.2, 0) is 4.79 Å². The van der Waals surface area contributed by atoms with Crippen LogP contribution < -0.4 is 5.73 Å². The molecule has 3 nitrogen and oxygen atoms in total. The summed E-state index contributed by atoms with van der Waals surface area (Å²) in [6.07, 6.45) is 2.90. The predicted molar refractivity (Wildman–Crippen MR) is 39.9 cm³/mol. The number of dihydropyridines is 1. The number of carbonyl (C=O) groups is 1. The summed E-state index contributed by atoms with van der Waals surface area (Å²) in [4.78, 5) is 14.6. The molecular weight excluding hydrogens is 128 g/mol. The molecule has 0 spiro atoms. The Morgan fingerprint density at radius 3 is 2.90 bits per heavy atom. The standard InChI is InChI=1S/C7H10N2O/c1-5-3-2-4-9-6(5)7(8)10/h3H,2,4H2,1H3,(H2,8,10). The van der Waals surface area contributed by atoms with E-state index in [0.29, 0.717) is 12.3 Å². The Kier molecular flexibility index (Phi) is 1.85. The van der Waals surface area contributed by atoms with Crippen molar-refractivity contribution in [2.45, 2.75) is 13.3 Å². The third-order valence-electron chi connectivity index (χ3n) is 1.46. The fourth-order valence-corrected chi connectivity index (χ4v) is 0.951. The lowest BCUT2D eigenvalue weighted by atomic mass is 10.1. The zero-order valence-electron chi connectivity index (χ0n) is 5.92. The Balaban J connectivity index is 2.84. The third kappa shape index (κ3) is 1.23. The van der Waals surface area contributed by atoms with Gasteiger partial charge in [0.05, 0.1) is 0 Å². The predicted octanol–water partition coefficient (Wildman–Crippen LogP) is 0.263. The highest BCUT2D eigenvalue weighted by molar-refractivity contribution is 6.44. The molecule has 0 aromatic heterocycles. The molecule has 0 saturated heterocycles. The molecule has 0 saturated carbocycles. The first-order valence-corrected chi connectivity index (χ1v) is 3.23. The quantitative estimate of drug-likeness (QED) is 0.555. The minimum Gasteiger partial charge on any atom is -0.364 e. The van der Waals surface area contributed by atoms with Crippen molar-refractivity contribution in [1.29, 1.82) is 0 Å². The minimum atomic E-state index is -0.423. The maximum Gasteiger partial charge on any atom is 0.267 e. The number of aliphatic imine (C=N–C) groups is 1. The number of rotatable bonds is 1. The van der Waals surface area contributed by atoms with Crippen LogP contribution in [0.1, 0.15) is 13.3 Å². The number of primary amides is 1. The molecule has 0 aromatic rings. The van der Waals surface area contributed by atoms with Gasteiger partial charge in [-0.3, -0.25) is 9.79 Å². The van der Waals surface area contributed by atoms with E-state index in [1.165, 1.54) is 0 Å². The fraction of sp³-hybridized carbons (Fsp3) is 0.429. The Hall–Kier alpha value is -1.12. The Morgan fingerprint density at radius 1 is 1.80 bits per heavy atom. The third-order valence-corrected chi connectivity index (χ3v) is 1.46. The van der Waals surface area contributed by atoms with Gasteiger partial charge < -0.3 is 5.73 Å². The van der Waals surface area contributed by atoms with Crippen LogP contribution in [0.15, 0.2) is 16.6 Å². The zero-order valence-corrected chi connectivity index (χ0v) is 5.92. The van der Waals surface area contributed by atoms with Gasteiger partial charge in [0.2, 0.25) is 0 Å². The molecule has 1 aliphatic rings. The molecule has 0 atom stereocenters. The van der Waals surface area contributed by atoms with Crippen LogP contribution in [0.4, 0.5) is 0 Å². The summed E-state index contributed by atoms with van der Waals surface area (Å²) in [6.45, 7) is 2.54. The number of hydrogen-bond donors (Lipinski definition) is 1. The minimum absolute atomic E-state index is 0.423. The van der Waals surface area contributed by atoms with Gasteiger partial charge in [0, 0.05) is 6.54 Å². The van der Waals surface area contributed by atoms with Crippen LogP contribution in [-0.4, -0.2) is 18.2 Å². The number of carbonyl (C=O) groups excluding carboxylic acids is 1. The van der Waals surface area contributed by atoms with Crippen LogP contribution in [0.5, 0.6) is 0 Å². The van der Waals surface area contributed by atoms with Crippen molar-refractivity contribution < 1.29 is 4.79 Å². The van der Waals surface area contributed by atoms with Crippen LogP contribution >= 0.6 is 0 Å². The lowest BCUT2D eigenvalue weighted by Gasteiger charge is -2.06. The topological polar surface area (TPSA) is 55.4 Å². The summed E-state index contributed by atoms with van der Waals surface area (Å²) < 4.78 is 0. The average molecular weight is 138 g/mol. The molecule has 0 bridgehead atoms. The summed E-state index contributed by atoms with van der Waals surface area (Å²) in [5, 5.41) is 0. The first-order valence-electron chi connectivity index (χ1n) is 3.23. The van der Waals surface area contributed by atoms with Crippen LogP contribution in [0.3, 0.4) is 0 Å². The molecule has 1 aliphatic heterocycles. The van der Waals surface area contributed by atoms with Crippen molar-refractivity contribution in [2.24, 2.45) is 10.7 Å². The highest BCUT2D eigenvalue weighted by Gasteiger charge is 2.10. The molecule has 0 fully saturated rings. The van der Waals surface area contributed by atoms with E-state index in [2.05, 4.69) is 4.99 Å². The maximum absolute atomic E-state index is 10.6. The molecule has 0 radical (unpaired) electrons. The van der Waals surface area contributed by atoms with E-state index in [1.807, 2.05) is 13.0 Å². The monoisotopic (exact) mass is 138 g/mol. The van der Waals surface area contributed by atoms with Crippen molar-refractivity contribution in [3.8, 4) is 0 Å². The van der Waals surface area contributed by atoms with Crippen molar-refractivity contribution >= 4 is 11.6 Å². The highest BCUT2D eigenvalue weighted by atomic mass is 16.1. The Bertz CT molecular complexity index is 216. The largest absolute Gasteiger partial charge is 0.364 e. The second-order valence-electron chi connectivity index (χ2n) is 2.27. The van der Waals surface area contributed by atoms with E-state index >= 15 is 0 Å². The van der Waals surface area contributed by atoms with Crippen molar-refractivity contribution in [1.82, 2.24) is 0 Å². The van der Waals surface area contributed by atoms with Gasteiger partial charge >= 0.3 is 0 Å². The summed E-state index contributed by atoms with van der Waals surface area (Å²) in [5.74, 6) is -0.423. The van der Waals surface area contributed by atoms with Gasteiger partial charge in [-0.05, 0) is 18.9 Å². The second kappa shape index (κ2) is 2.64. The molecule has 3 heteroatoms. The maximum atomic E-state index is 10.6. The van der Waals surface area contributed by atoms with Gasteiger partial charge in [-0.15, -0.1) is 0 Å². The molecule has 0 aromatic carbocycles. The number of hydrogen-bond acceptors (Lipinski definition) is 2. The van der Waals surface area contributed by atoms with Gasteiger partial charge in [0.25, 0.3) is 5.91 Å². The molecule has 1 rings (SSSR count).